The second-order valence-corrected chi connectivity index (χ2v) is 15.8. The van der Waals surface area contributed by atoms with Crippen LogP contribution in [0.15, 0.2) is 64.0 Å². The summed E-state index contributed by atoms with van der Waals surface area (Å²) in [6, 6.07) is 13.7. The van der Waals surface area contributed by atoms with Crippen molar-refractivity contribution in [3.63, 3.8) is 0 Å². The number of rotatable bonds is 9. The fourth-order valence-corrected chi connectivity index (χ4v) is 5.59. The van der Waals surface area contributed by atoms with Crippen molar-refractivity contribution in [3.8, 4) is 34.3 Å². The van der Waals surface area contributed by atoms with E-state index in [0.717, 1.165) is 13.5 Å². The average molecular weight is 637 g/mol. The second-order valence-electron chi connectivity index (χ2n) is 9.26. The van der Waals surface area contributed by atoms with E-state index >= 15 is 0 Å². The van der Waals surface area contributed by atoms with Crippen LogP contribution in [0.5, 0.6) is 0 Å². The Morgan fingerprint density at radius 3 is 2.39 bits per heavy atom. The molecule has 3 heterocycles. The molecule has 0 radical (unpaired) electrons. The summed E-state index contributed by atoms with van der Waals surface area (Å²) in [5.41, 5.74) is 9.12. The molecule has 218 valence electrons. The number of nitrogens with one attached hydrogen (secondary N) is 1. The Labute approximate surface area is 244 Å². The topological polar surface area (TPSA) is 146 Å². The zero-order valence-corrected chi connectivity index (χ0v) is 26.5. The first-order chi connectivity index (χ1) is 19.8. The first-order valence-electron chi connectivity index (χ1n) is 12.7. The van der Waals surface area contributed by atoms with Crippen LogP contribution in [-0.2, 0) is 21.1 Å². The zero-order chi connectivity index (χ0) is 29.4. The van der Waals surface area contributed by atoms with Crippen molar-refractivity contribution in [2.75, 3.05) is 25.6 Å². The molecule has 0 bridgehead atoms. The maximum absolute atomic E-state index is 12.8. The van der Waals surface area contributed by atoms with Crippen molar-refractivity contribution in [1.82, 2.24) is 25.5 Å². The highest BCUT2D eigenvalue weighted by atomic mass is 32.4. The summed E-state index contributed by atoms with van der Waals surface area (Å²) >= 11 is 0. The van der Waals surface area contributed by atoms with Gasteiger partial charge in [-0.1, -0.05) is 32.2 Å². The summed E-state index contributed by atoms with van der Waals surface area (Å²) < 4.78 is 49.3. The molecule has 0 aliphatic carbocycles. The highest BCUT2D eigenvalue weighted by Crippen LogP contribution is 2.30. The van der Waals surface area contributed by atoms with Crippen LogP contribution in [0.4, 0.5) is 10.2 Å². The van der Waals surface area contributed by atoms with Crippen molar-refractivity contribution < 1.29 is 22.0 Å². The van der Waals surface area contributed by atoms with E-state index in [-0.39, 0.29) is 40.8 Å². The van der Waals surface area contributed by atoms with Crippen LogP contribution in [-0.4, -0.2) is 59.8 Å². The largest absolute Gasteiger partial charge is 0.414 e. The lowest BCUT2D eigenvalue weighted by atomic mass is 10.1. The third kappa shape index (κ3) is 7.89. The molecule has 0 saturated carbocycles. The monoisotopic (exact) mass is 636 g/mol. The summed E-state index contributed by atoms with van der Waals surface area (Å²) in [5, 5.41) is 10.8. The molecule has 2 aromatic heterocycles. The van der Waals surface area contributed by atoms with Crippen LogP contribution >= 0.6 is 25.8 Å². The quantitative estimate of drug-likeness (QED) is 0.248. The van der Waals surface area contributed by atoms with E-state index in [2.05, 4.69) is 43.3 Å². The van der Waals surface area contributed by atoms with Crippen molar-refractivity contribution in [2.24, 2.45) is 0 Å². The molecule has 10 nitrogen and oxygen atoms in total. The van der Waals surface area contributed by atoms with Gasteiger partial charge in [0, 0.05) is 30.3 Å². The Hall–Kier alpha value is -2.45. The van der Waals surface area contributed by atoms with Gasteiger partial charge >= 0.3 is 0 Å². The molecule has 1 aliphatic heterocycles. The van der Waals surface area contributed by atoms with Gasteiger partial charge in [-0.3, -0.25) is 0 Å². The zero-order valence-electron chi connectivity index (χ0n) is 22.3. The smallest absolute Gasteiger partial charge is 0.270 e. The fourth-order valence-electron chi connectivity index (χ4n) is 4.01. The van der Waals surface area contributed by atoms with Gasteiger partial charge in [-0.15, -0.1) is 28.1 Å². The molecular weight excluding hydrogens is 604 g/mol. The fraction of sp³-hybridized carbons (Fsp3) is 0.308. The lowest BCUT2D eigenvalue weighted by Crippen LogP contribution is -2.27. The molecule has 1 aliphatic rings. The van der Waals surface area contributed by atoms with Gasteiger partial charge in [-0.25, -0.2) is 22.8 Å². The van der Waals surface area contributed by atoms with Gasteiger partial charge in [0.15, 0.2) is 21.3 Å². The first kappa shape index (κ1) is 31.5. The summed E-state index contributed by atoms with van der Waals surface area (Å²) in [5.74, 6) is 0.510. The third-order valence-corrected chi connectivity index (χ3v) is 8.50. The molecule has 5 rings (SSSR count). The second kappa shape index (κ2) is 14.6. The molecule has 1 fully saturated rings. The summed E-state index contributed by atoms with van der Waals surface area (Å²) in [7, 11) is 2.59. The molecule has 1 saturated heterocycles. The number of sulfone groups is 1. The number of nitrogen functional groups attached to an aromatic ring is 1. The first-order valence-corrected chi connectivity index (χ1v) is 18.9. The number of nitrogens with two attached hydrogens (primary N) is 1. The van der Waals surface area contributed by atoms with E-state index in [1.807, 2.05) is 24.3 Å². The predicted molar refractivity (Wildman–Crippen MR) is 167 cm³/mol. The minimum Gasteiger partial charge on any atom is -0.414 e. The normalized spacial score (nSPS) is 15.8. The summed E-state index contributed by atoms with van der Waals surface area (Å²) in [4.78, 5) is 9.02. The van der Waals surface area contributed by atoms with Gasteiger partial charge in [-0.2, -0.15) is 0 Å². The molecule has 0 amide bonds. The maximum Gasteiger partial charge on any atom is 0.270 e. The number of hydrogen-bond acceptors (Lipinski definition) is 10. The molecule has 0 spiro atoms. The predicted octanol–water partition coefficient (Wildman–Crippen LogP) is 4.70. The lowest BCUT2D eigenvalue weighted by molar-refractivity contribution is 0.198. The van der Waals surface area contributed by atoms with Gasteiger partial charge < -0.3 is 20.2 Å². The number of halogens is 1. The van der Waals surface area contributed by atoms with Crippen molar-refractivity contribution in [3.05, 3.63) is 60.3 Å². The van der Waals surface area contributed by atoms with E-state index in [1.54, 1.807) is 31.2 Å². The van der Waals surface area contributed by atoms with Gasteiger partial charge in [0.2, 0.25) is 5.89 Å². The van der Waals surface area contributed by atoms with Crippen molar-refractivity contribution in [2.45, 2.75) is 36.1 Å². The van der Waals surface area contributed by atoms with Crippen LogP contribution < -0.4 is 11.1 Å². The standard InChI is InChI=1S/C26H27FN6O4S.H5P3/c1-16(12-27)29-13-17-2-4-19(5-3-17)25-32-33-26(37-25)23-24(28)30-14-22(31-23)18-6-8-20(9-7-18)38(34,35)21-10-11-36-15-21;1-3-2/h2-9,14,16,21,29H,10-13,15H2,1H3,(H2,28,30);3H,1-2H2. The minimum absolute atomic E-state index is 0.106. The molecule has 4 unspecified atom stereocenters. The Bertz CT molecular complexity index is 1540. The number of alkyl halides is 1. The van der Waals surface area contributed by atoms with Gasteiger partial charge in [0.05, 0.1) is 28.6 Å². The van der Waals surface area contributed by atoms with E-state index in [4.69, 9.17) is 14.9 Å². The van der Waals surface area contributed by atoms with E-state index in [9.17, 15) is 12.8 Å². The Morgan fingerprint density at radius 1 is 1.10 bits per heavy atom. The number of nitrogens with zero attached hydrogens (tertiary/aromatic N) is 4. The molecule has 4 atom stereocenters. The number of hydrogen-bond donors (Lipinski definition) is 2. The molecule has 15 heteroatoms. The van der Waals surface area contributed by atoms with Crippen LogP contribution in [0.3, 0.4) is 0 Å². The maximum atomic E-state index is 12.8. The molecule has 3 N–H and O–H groups in total. The van der Waals surface area contributed by atoms with Crippen molar-refractivity contribution >= 4 is 41.5 Å². The van der Waals surface area contributed by atoms with E-state index in [0.29, 0.717) is 36.4 Å². The van der Waals surface area contributed by atoms with Crippen LogP contribution in [0.1, 0.15) is 18.9 Å². The highest BCUT2D eigenvalue weighted by molar-refractivity contribution is 8.33. The molecule has 41 heavy (non-hydrogen) atoms. The summed E-state index contributed by atoms with van der Waals surface area (Å²) in [6.07, 6.45) is 1.99. The van der Waals surface area contributed by atoms with Gasteiger partial charge in [0.25, 0.3) is 5.89 Å². The minimum atomic E-state index is -3.46. The van der Waals surface area contributed by atoms with E-state index in [1.165, 1.54) is 6.20 Å². The van der Waals surface area contributed by atoms with Crippen molar-refractivity contribution in [1.29, 1.82) is 0 Å². The van der Waals surface area contributed by atoms with Crippen LogP contribution in [0.25, 0.3) is 34.3 Å². The third-order valence-electron chi connectivity index (χ3n) is 6.32. The number of anilines is 1. The molecule has 2 aromatic carbocycles. The Kier molecular flexibility index (Phi) is 11.2. The number of aromatic nitrogens is 4. The van der Waals surface area contributed by atoms with E-state index < -0.39 is 21.8 Å². The Morgan fingerprint density at radius 2 is 1.76 bits per heavy atom. The summed E-state index contributed by atoms with van der Waals surface area (Å²) in [6.45, 7) is 2.56. The van der Waals surface area contributed by atoms with Gasteiger partial charge in [0.1, 0.15) is 6.67 Å². The van der Waals surface area contributed by atoms with Crippen LogP contribution in [0.2, 0.25) is 0 Å². The average Bonchev–Trinajstić information content (AvgIpc) is 3.71. The lowest BCUT2D eigenvalue weighted by Gasteiger charge is -2.10. The number of ether oxygens (including phenoxy) is 1. The molecule has 4 aromatic rings. The Balaban J connectivity index is 0.00000124. The SMILES string of the molecule is CC(CF)NCc1ccc(-c2nnc(-c3nc(-c4ccc(S(=O)(=O)C5CCOC5)cc4)cnc3N)o2)cc1.PPP. The molecular formula is C26H32FN6O4P3S. The highest BCUT2D eigenvalue weighted by Gasteiger charge is 2.31. The number of benzene rings is 2. The van der Waals surface area contributed by atoms with Gasteiger partial charge in [-0.05, 0) is 43.2 Å². The van der Waals surface area contributed by atoms with Crippen LogP contribution in [0, 0.1) is 0 Å².